The fourth-order valence-corrected chi connectivity index (χ4v) is 2.65. The van der Waals surface area contributed by atoms with E-state index < -0.39 is 0 Å². The summed E-state index contributed by atoms with van der Waals surface area (Å²) in [6.45, 7) is 3.35. The van der Waals surface area contributed by atoms with Gasteiger partial charge in [0.05, 0.1) is 12.1 Å². The van der Waals surface area contributed by atoms with Crippen LogP contribution in [0, 0.1) is 11.8 Å². The molecule has 2 rings (SSSR count). The van der Waals surface area contributed by atoms with Crippen molar-refractivity contribution in [2.45, 2.75) is 51.2 Å². The van der Waals surface area contributed by atoms with Gasteiger partial charge in [0, 0.05) is 13.1 Å². The number of piperidine rings is 1. The number of amides is 1. The van der Waals surface area contributed by atoms with Gasteiger partial charge >= 0.3 is 0 Å². The van der Waals surface area contributed by atoms with Crippen LogP contribution in [0.5, 0.6) is 0 Å². The molecule has 1 aliphatic heterocycles. The van der Waals surface area contributed by atoms with Crippen LogP contribution in [-0.2, 0) is 4.79 Å². The number of aliphatic hydroxyl groups is 1. The zero-order chi connectivity index (χ0) is 12.4. The lowest BCUT2D eigenvalue weighted by Gasteiger charge is -2.34. The molecule has 17 heavy (non-hydrogen) atoms. The molecule has 1 heterocycles. The number of nitrogens with zero attached hydrogens (tertiary/aromatic N) is 1. The molecule has 4 nitrogen and oxygen atoms in total. The zero-order valence-corrected chi connectivity index (χ0v) is 10.6. The summed E-state index contributed by atoms with van der Waals surface area (Å²) in [5.41, 5.74) is 5.94. The second-order valence-corrected chi connectivity index (χ2v) is 5.69. The Kier molecular flexibility index (Phi) is 4.05. The summed E-state index contributed by atoms with van der Waals surface area (Å²) in [6, 6.07) is -0.300. The van der Waals surface area contributed by atoms with E-state index in [-0.39, 0.29) is 18.1 Å². The SMILES string of the molecule is CC(O)C1CCN(C(=O)C(N)CC2CC2)CC1. The molecule has 0 aromatic carbocycles. The number of hydrogen-bond acceptors (Lipinski definition) is 3. The lowest BCUT2D eigenvalue weighted by atomic mass is 9.92. The quantitative estimate of drug-likeness (QED) is 0.761. The average Bonchev–Trinajstić information content (AvgIpc) is 3.12. The van der Waals surface area contributed by atoms with Gasteiger partial charge in [0.1, 0.15) is 0 Å². The van der Waals surface area contributed by atoms with Crippen molar-refractivity contribution in [3.63, 3.8) is 0 Å². The third kappa shape index (κ3) is 3.42. The summed E-state index contributed by atoms with van der Waals surface area (Å²) < 4.78 is 0. The van der Waals surface area contributed by atoms with E-state index >= 15 is 0 Å². The number of hydrogen-bond donors (Lipinski definition) is 2. The van der Waals surface area contributed by atoms with Crippen molar-refractivity contribution in [2.75, 3.05) is 13.1 Å². The molecule has 4 heteroatoms. The molecule has 2 atom stereocenters. The van der Waals surface area contributed by atoms with Crippen LogP contribution < -0.4 is 5.73 Å². The normalized spacial score (nSPS) is 25.7. The molecule has 2 aliphatic rings. The fourth-order valence-electron chi connectivity index (χ4n) is 2.65. The molecule has 0 spiro atoms. The Morgan fingerprint density at radius 3 is 2.41 bits per heavy atom. The third-order valence-corrected chi connectivity index (χ3v) is 4.13. The van der Waals surface area contributed by atoms with Crippen LogP contribution in [0.3, 0.4) is 0 Å². The summed E-state index contributed by atoms with van der Waals surface area (Å²) in [4.78, 5) is 14.0. The van der Waals surface area contributed by atoms with Gasteiger partial charge in [-0.2, -0.15) is 0 Å². The Morgan fingerprint density at radius 1 is 1.35 bits per heavy atom. The highest BCUT2D eigenvalue weighted by Gasteiger charge is 2.31. The Balaban J connectivity index is 1.76. The molecule has 1 aliphatic carbocycles. The average molecular weight is 240 g/mol. The molecule has 2 fully saturated rings. The summed E-state index contributed by atoms with van der Waals surface area (Å²) in [5.74, 6) is 1.16. The van der Waals surface area contributed by atoms with E-state index in [4.69, 9.17) is 5.73 Å². The molecule has 2 unspecified atom stereocenters. The van der Waals surface area contributed by atoms with Crippen molar-refractivity contribution in [3.05, 3.63) is 0 Å². The molecular weight excluding hydrogens is 216 g/mol. The minimum absolute atomic E-state index is 0.112. The van der Waals surface area contributed by atoms with Crippen molar-refractivity contribution in [2.24, 2.45) is 17.6 Å². The number of carbonyl (C=O) groups is 1. The topological polar surface area (TPSA) is 66.6 Å². The number of rotatable bonds is 4. The van der Waals surface area contributed by atoms with E-state index in [0.29, 0.717) is 11.8 Å². The van der Waals surface area contributed by atoms with Gasteiger partial charge in [0.2, 0.25) is 5.91 Å². The molecule has 1 saturated carbocycles. The zero-order valence-electron chi connectivity index (χ0n) is 10.6. The summed E-state index contributed by atoms with van der Waals surface area (Å²) in [7, 11) is 0. The number of likely N-dealkylation sites (tertiary alicyclic amines) is 1. The highest BCUT2D eigenvalue weighted by Crippen LogP contribution is 2.33. The van der Waals surface area contributed by atoms with E-state index in [1.807, 2.05) is 11.8 Å². The van der Waals surface area contributed by atoms with Crippen molar-refractivity contribution in [1.29, 1.82) is 0 Å². The van der Waals surface area contributed by atoms with Crippen LogP contribution in [0.15, 0.2) is 0 Å². The second kappa shape index (κ2) is 5.36. The molecule has 0 bridgehead atoms. The largest absolute Gasteiger partial charge is 0.393 e. The van der Waals surface area contributed by atoms with Crippen molar-refractivity contribution in [1.82, 2.24) is 4.90 Å². The van der Waals surface area contributed by atoms with Gasteiger partial charge in [-0.3, -0.25) is 4.79 Å². The maximum absolute atomic E-state index is 12.1. The Bertz CT molecular complexity index is 269. The molecule has 1 amide bonds. The smallest absolute Gasteiger partial charge is 0.239 e. The van der Waals surface area contributed by atoms with Crippen LogP contribution in [-0.4, -0.2) is 41.1 Å². The van der Waals surface area contributed by atoms with Crippen LogP contribution in [0.4, 0.5) is 0 Å². The standard InChI is InChI=1S/C13H24N2O2/c1-9(16)11-4-6-15(7-5-11)13(17)12(14)8-10-2-3-10/h9-12,16H,2-8,14H2,1H3. The highest BCUT2D eigenvalue weighted by atomic mass is 16.3. The van der Waals surface area contributed by atoms with Crippen molar-refractivity contribution in [3.8, 4) is 0 Å². The lowest BCUT2D eigenvalue weighted by molar-refractivity contribution is -0.134. The van der Waals surface area contributed by atoms with Crippen LogP contribution in [0.25, 0.3) is 0 Å². The molecule has 0 radical (unpaired) electrons. The fraction of sp³-hybridized carbons (Fsp3) is 0.923. The first-order valence-corrected chi connectivity index (χ1v) is 6.80. The van der Waals surface area contributed by atoms with Gasteiger partial charge in [0.25, 0.3) is 0 Å². The maximum Gasteiger partial charge on any atom is 0.239 e. The number of carbonyl (C=O) groups excluding carboxylic acids is 1. The summed E-state index contributed by atoms with van der Waals surface area (Å²) in [6.07, 6.45) is 4.89. The van der Waals surface area contributed by atoms with Crippen LogP contribution in [0.1, 0.15) is 39.0 Å². The third-order valence-electron chi connectivity index (χ3n) is 4.13. The number of nitrogens with two attached hydrogens (primary N) is 1. The molecule has 3 N–H and O–H groups in total. The van der Waals surface area contributed by atoms with E-state index in [0.717, 1.165) is 32.4 Å². The summed E-state index contributed by atoms with van der Waals surface area (Å²) in [5, 5.41) is 9.51. The minimum Gasteiger partial charge on any atom is -0.393 e. The second-order valence-electron chi connectivity index (χ2n) is 5.69. The van der Waals surface area contributed by atoms with E-state index in [2.05, 4.69) is 0 Å². The van der Waals surface area contributed by atoms with E-state index in [9.17, 15) is 9.90 Å². The van der Waals surface area contributed by atoms with Gasteiger partial charge in [-0.15, -0.1) is 0 Å². The Labute approximate surface area is 103 Å². The Morgan fingerprint density at radius 2 is 1.94 bits per heavy atom. The molecule has 1 saturated heterocycles. The molecule has 0 aromatic rings. The Hall–Kier alpha value is -0.610. The minimum atomic E-state index is -0.300. The monoisotopic (exact) mass is 240 g/mol. The van der Waals surface area contributed by atoms with Crippen LogP contribution >= 0.6 is 0 Å². The van der Waals surface area contributed by atoms with Gasteiger partial charge in [-0.1, -0.05) is 12.8 Å². The first-order chi connectivity index (χ1) is 8.08. The predicted octanol–water partition coefficient (Wildman–Crippen LogP) is 0.733. The lowest BCUT2D eigenvalue weighted by Crippen LogP contribution is -2.48. The van der Waals surface area contributed by atoms with Gasteiger partial charge in [-0.25, -0.2) is 0 Å². The maximum atomic E-state index is 12.1. The number of aliphatic hydroxyl groups excluding tert-OH is 1. The summed E-state index contributed by atoms with van der Waals surface area (Å²) >= 11 is 0. The van der Waals surface area contributed by atoms with Crippen molar-refractivity contribution < 1.29 is 9.90 Å². The first-order valence-electron chi connectivity index (χ1n) is 6.80. The highest BCUT2D eigenvalue weighted by molar-refractivity contribution is 5.81. The molecule has 98 valence electrons. The van der Waals surface area contributed by atoms with Gasteiger partial charge < -0.3 is 15.7 Å². The van der Waals surface area contributed by atoms with E-state index in [1.165, 1.54) is 12.8 Å². The predicted molar refractivity (Wildman–Crippen MR) is 66.3 cm³/mol. The van der Waals surface area contributed by atoms with E-state index in [1.54, 1.807) is 0 Å². The van der Waals surface area contributed by atoms with Crippen molar-refractivity contribution >= 4 is 5.91 Å². The molecular formula is C13H24N2O2. The molecule has 0 aromatic heterocycles. The van der Waals surface area contributed by atoms with Crippen LogP contribution in [0.2, 0.25) is 0 Å². The van der Waals surface area contributed by atoms with Gasteiger partial charge in [-0.05, 0) is 38.0 Å². The van der Waals surface area contributed by atoms with Gasteiger partial charge in [0.15, 0.2) is 0 Å². The first kappa shape index (κ1) is 12.8.